The SMILES string of the molecule is C=C(CC[C@@H](C)[C@H]1CC[C@H]2C3=C(C(=O)[C@H](O)[C@]12C)[C@@]1(C)CC[C@@H](O)[C@@H](C)[C@@H]1C[C@@H]3O)[C@@H](C)C(=O)O. The molecule has 2 saturated carbocycles. The molecule has 0 heterocycles. The Bertz CT molecular complexity index is 937. The van der Waals surface area contributed by atoms with E-state index >= 15 is 0 Å². The zero-order valence-corrected chi connectivity index (χ0v) is 22.0. The number of carboxylic acid groups (broad SMARTS) is 1. The second-order valence-corrected chi connectivity index (χ2v) is 12.7. The lowest BCUT2D eigenvalue weighted by atomic mass is 9.47. The molecule has 0 aromatic carbocycles. The van der Waals surface area contributed by atoms with E-state index in [4.69, 9.17) is 0 Å². The number of carboxylic acids is 1. The second-order valence-electron chi connectivity index (χ2n) is 12.7. The summed E-state index contributed by atoms with van der Waals surface area (Å²) in [5.74, 6) is -1.45. The molecule has 2 fully saturated rings. The van der Waals surface area contributed by atoms with Crippen molar-refractivity contribution < 1.29 is 30.0 Å². The van der Waals surface area contributed by atoms with Gasteiger partial charge in [0.2, 0.25) is 0 Å². The van der Waals surface area contributed by atoms with Crippen molar-refractivity contribution >= 4 is 11.8 Å². The molecule has 4 aliphatic carbocycles. The Morgan fingerprint density at radius 1 is 1.14 bits per heavy atom. The molecular weight excluding hydrogens is 444 g/mol. The highest BCUT2D eigenvalue weighted by Gasteiger charge is 2.64. The van der Waals surface area contributed by atoms with E-state index in [9.17, 15) is 30.0 Å². The fourth-order valence-corrected chi connectivity index (χ4v) is 8.66. The number of hydrogen-bond acceptors (Lipinski definition) is 5. The van der Waals surface area contributed by atoms with Crippen LogP contribution in [0.15, 0.2) is 23.3 Å². The van der Waals surface area contributed by atoms with Crippen LogP contribution in [0.25, 0.3) is 0 Å². The van der Waals surface area contributed by atoms with Gasteiger partial charge < -0.3 is 20.4 Å². The maximum absolute atomic E-state index is 13.9. The highest BCUT2D eigenvalue weighted by molar-refractivity contribution is 6.03. The fourth-order valence-electron chi connectivity index (χ4n) is 8.66. The van der Waals surface area contributed by atoms with Crippen LogP contribution < -0.4 is 0 Å². The predicted molar refractivity (Wildman–Crippen MR) is 133 cm³/mol. The maximum Gasteiger partial charge on any atom is 0.310 e. The number of hydrogen-bond donors (Lipinski definition) is 4. The van der Waals surface area contributed by atoms with Gasteiger partial charge in [-0.3, -0.25) is 9.59 Å². The van der Waals surface area contributed by atoms with Crippen LogP contribution in [0.3, 0.4) is 0 Å². The van der Waals surface area contributed by atoms with E-state index in [1.165, 1.54) is 0 Å². The molecule has 0 aromatic rings. The van der Waals surface area contributed by atoms with Crippen molar-refractivity contribution in [3.63, 3.8) is 0 Å². The molecule has 6 heteroatoms. The fraction of sp³-hybridized carbons (Fsp3) is 0.793. The largest absolute Gasteiger partial charge is 0.481 e. The first-order valence-corrected chi connectivity index (χ1v) is 13.5. The number of aliphatic hydroxyl groups is 3. The quantitative estimate of drug-likeness (QED) is 0.418. The van der Waals surface area contributed by atoms with Gasteiger partial charge in [-0.25, -0.2) is 0 Å². The van der Waals surface area contributed by atoms with Crippen LogP contribution in [-0.4, -0.2) is 50.5 Å². The molecule has 0 amide bonds. The number of fused-ring (bicyclic) bond motifs is 4. The van der Waals surface area contributed by atoms with Crippen molar-refractivity contribution in [3.05, 3.63) is 23.3 Å². The first-order chi connectivity index (χ1) is 16.3. The summed E-state index contributed by atoms with van der Waals surface area (Å²) < 4.78 is 0. The normalized spacial score (nSPS) is 44.8. The van der Waals surface area contributed by atoms with E-state index in [1.54, 1.807) is 6.92 Å². The van der Waals surface area contributed by atoms with Crippen LogP contribution in [-0.2, 0) is 9.59 Å². The third kappa shape index (κ3) is 3.86. The van der Waals surface area contributed by atoms with Gasteiger partial charge in [-0.15, -0.1) is 0 Å². The van der Waals surface area contributed by atoms with Crippen molar-refractivity contribution in [1.29, 1.82) is 0 Å². The minimum atomic E-state index is -1.12. The molecule has 0 aromatic heterocycles. The van der Waals surface area contributed by atoms with Gasteiger partial charge in [0.15, 0.2) is 5.78 Å². The Balaban J connectivity index is 1.65. The molecule has 0 spiro atoms. The molecule has 11 atom stereocenters. The molecule has 6 nitrogen and oxygen atoms in total. The minimum absolute atomic E-state index is 0.00616. The van der Waals surface area contributed by atoms with Gasteiger partial charge in [0.05, 0.1) is 18.1 Å². The summed E-state index contributed by atoms with van der Waals surface area (Å²) in [5, 5.41) is 42.8. The number of carbonyl (C=O) groups excluding carboxylic acids is 1. The lowest BCUT2D eigenvalue weighted by molar-refractivity contribution is -0.144. The van der Waals surface area contributed by atoms with Gasteiger partial charge in [-0.2, -0.15) is 0 Å². The van der Waals surface area contributed by atoms with E-state index < -0.39 is 41.0 Å². The summed E-state index contributed by atoms with van der Waals surface area (Å²) in [6.07, 6.45) is 2.67. The molecule has 0 bridgehead atoms. The molecule has 0 aliphatic heterocycles. The molecular formula is C29H44O6. The molecule has 4 N–H and O–H groups in total. The number of Topliss-reactive ketones (excluding diaryl/α,β-unsaturated/α-hetero) is 1. The summed E-state index contributed by atoms with van der Waals surface area (Å²) in [6, 6.07) is 0. The van der Waals surface area contributed by atoms with Crippen LogP contribution in [0.5, 0.6) is 0 Å². The van der Waals surface area contributed by atoms with Crippen molar-refractivity contribution in [2.45, 2.75) is 97.9 Å². The third-order valence-electron chi connectivity index (χ3n) is 11.1. The molecule has 196 valence electrons. The smallest absolute Gasteiger partial charge is 0.310 e. The van der Waals surface area contributed by atoms with Gasteiger partial charge in [-0.05, 0) is 92.4 Å². The van der Waals surface area contributed by atoms with Crippen LogP contribution >= 0.6 is 0 Å². The van der Waals surface area contributed by atoms with Gasteiger partial charge in [-0.1, -0.05) is 39.8 Å². The van der Waals surface area contributed by atoms with E-state index in [0.717, 1.165) is 24.8 Å². The zero-order chi connectivity index (χ0) is 26.0. The first kappa shape index (κ1) is 26.6. The molecule has 4 rings (SSSR count). The lowest BCUT2D eigenvalue weighted by Gasteiger charge is -2.58. The Hall–Kier alpha value is -1.50. The average molecular weight is 489 g/mol. The van der Waals surface area contributed by atoms with E-state index in [2.05, 4.69) is 20.4 Å². The zero-order valence-electron chi connectivity index (χ0n) is 22.0. The van der Waals surface area contributed by atoms with Crippen LogP contribution in [0.4, 0.5) is 0 Å². The van der Waals surface area contributed by atoms with Gasteiger partial charge in [0.25, 0.3) is 0 Å². The number of carbonyl (C=O) groups is 2. The number of rotatable bonds is 6. The van der Waals surface area contributed by atoms with Crippen LogP contribution in [0.1, 0.15) is 79.6 Å². The Labute approximate surface area is 209 Å². The maximum atomic E-state index is 13.9. The van der Waals surface area contributed by atoms with Gasteiger partial charge >= 0.3 is 5.97 Å². The lowest BCUT2D eigenvalue weighted by Crippen LogP contribution is -2.59. The van der Waals surface area contributed by atoms with E-state index in [0.29, 0.717) is 36.8 Å². The summed E-state index contributed by atoms with van der Waals surface area (Å²) in [5.41, 5.74) is 1.14. The Kier molecular flexibility index (Phi) is 6.91. The topological polar surface area (TPSA) is 115 Å². The first-order valence-electron chi connectivity index (χ1n) is 13.5. The molecule has 35 heavy (non-hydrogen) atoms. The van der Waals surface area contributed by atoms with Gasteiger partial charge in [0.1, 0.15) is 6.10 Å². The third-order valence-corrected chi connectivity index (χ3v) is 11.1. The van der Waals surface area contributed by atoms with Crippen molar-refractivity contribution in [2.75, 3.05) is 0 Å². The van der Waals surface area contributed by atoms with E-state index in [1.807, 2.05) is 13.8 Å². The average Bonchev–Trinajstić information content (AvgIpc) is 3.16. The number of aliphatic carboxylic acids is 1. The minimum Gasteiger partial charge on any atom is -0.481 e. The van der Waals surface area contributed by atoms with Crippen molar-refractivity contribution in [1.82, 2.24) is 0 Å². The van der Waals surface area contributed by atoms with Crippen molar-refractivity contribution in [2.24, 2.45) is 46.3 Å². The highest BCUT2D eigenvalue weighted by atomic mass is 16.4. The van der Waals surface area contributed by atoms with Crippen LogP contribution in [0.2, 0.25) is 0 Å². The number of ketones is 1. The summed E-state index contributed by atoms with van der Waals surface area (Å²) in [7, 11) is 0. The predicted octanol–water partition coefficient (Wildman–Crippen LogP) is 4.13. The summed E-state index contributed by atoms with van der Waals surface area (Å²) >= 11 is 0. The van der Waals surface area contributed by atoms with Crippen molar-refractivity contribution in [3.8, 4) is 0 Å². The molecule has 0 radical (unpaired) electrons. The monoisotopic (exact) mass is 488 g/mol. The Morgan fingerprint density at radius 2 is 1.80 bits per heavy atom. The van der Waals surface area contributed by atoms with E-state index in [-0.39, 0.29) is 35.4 Å². The summed E-state index contributed by atoms with van der Waals surface area (Å²) in [6.45, 7) is 13.9. The highest BCUT2D eigenvalue weighted by Crippen LogP contribution is 2.65. The molecule has 0 saturated heterocycles. The molecule has 0 unspecified atom stereocenters. The standard InChI is InChI=1S/C29H44O6/c1-14(16(3)27(34)35)7-8-15(2)18-9-10-19-23-22(31)13-20-17(4)21(30)11-12-28(20,5)24(23)25(32)26(33)29(18,19)6/h15-22,26,30-31,33H,1,7-13H2,2-6H3,(H,34,35)/t15-,16-,17+,18-,19+,20+,21-,22+,26+,28+,29-/m1/s1. The summed E-state index contributed by atoms with van der Waals surface area (Å²) in [4.78, 5) is 25.3. The van der Waals surface area contributed by atoms with Gasteiger partial charge in [0, 0.05) is 11.0 Å². The van der Waals surface area contributed by atoms with Crippen LogP contribution in [0, 0.1) is 46.3 Å². The molecule has 4 aliphatic rings. The second kappa shape index (κ2) is 9.11. The number of aliphatic hydroxyl groups excluding tert-OH is 3. The Morgan fingerprint density at radius 3 is 2.43 bits per heavy atom.